The lowest BCUT2D eigenvalue weighted by atomic mass is 9.94. The van der Waals surface area contributed by atoms with E-state index in [1.807, 2.05) is 24.3 Å². The van der Waals surface area contributed by atoms with Crippen LogP contribution in [0, 0.1) is 11.7 Å². The quantitative estimate of drug-likeness (QED) is 0.714. The molecule has 1 atom stereocenters. The molecule has 0 bridgehead atoms. The molecule has 0 heterocycles. The van der Waals surface area contributed by atoms with Gasteiger partial charge in [0.1, 0.15) is 11.6 Å². The van der Waals surface area contributed by atoms with Gasteiger partial charge in [-0.15, -0.1) is 11.6 Å². The molecule has 0 aliphatic rings. The van der Waals surface area contributed by atoms with Crippen molar-refractivity contribution in [1.29, 1.82) is 0 Å². The predicted molar refractivity (Wildman–Crippen MR) is 81.0 cm³/mol. The van der Waals surface area contributed by atoms with Gasteiger partial charge in [-0.05, 0) is 54.2 Å². The van der Waals surface area contributed by atoms with Crippen LogP contribution in [0.5, 0.6) is 5.75 Å². The Bertz CT molecular complexity index is 556. The Morgan fingerprint density at radius 1 is 1.05 bits per heavy atom. The van der Waals surface area contributed by atoms with Gasteiger partial charge in [-0.3, -0.25) is 0 Å². The molecule has 0 fully saturated rings. The summed E-state index contributed by atoms with van der Waals surface area (Å²) in [6, 6.07) is 14.7. The van der Waals surface area contributed by atoms with Crippen molar-refractivity contribution in [3.8, 4) is 5.75 Å². The second-order valence-corrected chi connectivity index (χ2v) is 5.22. The topological polar surface area (TPSA) is 9.23 Å². The van der Waals surface area contributed by atoms with Gasteiger partial charge in [0.15, 0.2) is 0 Å². The molecule has 106 valence electrons. The molecule has 0 aliphatic carbocycles. The van der Waals surface area contributed by atoms with E-state index in [0.717, 1.165) is 24.2 Å². The highest BCUT2D eigenvalue weighted by Crippen LogP contribution is 2.20. The maximum absolute atomic E-state index is 13.2. The van der Waals surface area contributed by atoms with Crippen molar-refractivity contribution < 1.29 is 9.13 Å². The third-order valence-electron chi connectivity index (χ3n) is 3.29. The molecule has 0 aliphatic heterocycles. The van der Waals surface area contributed by atoms with Crippen molar-refractivity contribution >= 4 is 11.6 Å². The molecule has 20 heavy (non-hydrogen) atoms. The summed E-state index contributed by atoms with van der Waals surface area (Å²) in [5.74, 6) is 1.48. The van der Waals surface area contributed by atoms with Crippen LogP contribution in [0.4, 0.5) is 4.39 Å². The van der Waals surface area contributed by atoms with Crippen LogP contribution in [0.3, 0.4) is 0 Å². The van der Waals surface area contributed by atoms with Gasteiger partial charge in [-0.25, -0.2) is 4.39 Å². The van der Waals surface area contributed by atoms with E-state index in [2.05, 4.69) is 6.07 Å². The van der Waals surface area contributed by atoms with E-state index < -0.39 is 0 Å². The lowest BCUT2D eigenvalue weighted by Gasteiger charge is -2.14. The fourth-order valence-corrected chi connectivity index (χ4v) is 2.53. The van der Waals surface area contributed by atoms with Crippen LogP contribution < -0.4 is 4.74 Å². The zero-order chi connectivity index (χ0) is 14.4. The van der Waals surface area contributed by atoms with E-state index in [-0.39, 0.29) is 11.7 Å². The molecule has 0 N–H and O–H groups in total. The summed E-state index contributed by atoms with van der Waals surface area (Å²) in [7, 11) is 1.66. The lowest BCUT2D eigenvalue weighted by molar-refractivity contribution is 0.414. The largest absolute Gasteiger partial charge is 0.497 e. The Balaban J connectivity index is 2.05. The van der Waals surface area contributed by atoms with Crippen LogP contribution in [0.25, 0.3) is 0 Å². The zero-order valence-corrected chi connectivity index (χ0v) is 12.2. The number of methoxy groups -OCH3 is 1. The summed E-state index contributed by atoms with van der Waals surface area (Å²) in [6.07, 6.45) is 1.63. The monoisotopic (exact) mass is 292 g/mol. The van der Waals surface area contributed by atoms with Gasteiger partial charge in [0.2, 0.25) is 0 Å². The number of benzene rings is 2. The van der Waals surface area contributed by atoms with Crippen molar-refractivity contribution in [2.24, 2.45) is 5.92 Å². The van der Waals surface area contributed by atoms with Crippen LogP contribution in [-0.2, 0) is 12.8 Å². The molecule has 1 unspecified atom stereocenters. The van der Waals surface area contributed by atoms with Gasteiger partial charge < -0.3 is 4.74 Å². The second kappa shape index (κ2) is 7.30. The van der Waals surface area contributed by atoms with Crippen LogP contribution >= 0.6 is 11.6 Å². The van der Waals surface area contributed by atoms with Crippen LogP contribution in [-0.4, -0.2) is 13.0 Å². The fourth-order valence-electron chi connectivity index (χ4n) is 2.31. The summed E-state index contributed by atoms with van der Waals surface area (Å²) in [5.41, 5.74) is 2.17. The van der Waals surface area contributed by atoms with Gasteiger partial charge in [-0.2, -0.15) is 0 Å². The highest BCUT2D eigenvalue weighted by molar-refractivity contribution is 6.18. The molecule has 0 radical (unpaired) electrons. The van der Waals surface area contributed by atoms with E-state index in [9.17, 15) is 4.39 Å². The van der Waals surface area contributed by atoms with E-state index in [4.69, 9.17) is 16.3 Å². The normalized spacial score (nSPS) is 12.2. The van der Waals surface area contributed by atoms with E-state index in [0.29, 0.717) is 5.88 Å². The smallest absolute Gasteiger partial charge is 0.123 e. The van der Waals surface area contributed by atoms with Gasteiger partial charge >= 0.3 is 0 Å². The Hall–Kier alpha value is -1.54. The number of alkyl halides is 1. The first-order chi connectivity index (χ1) is 9.71. The average molecular weight is 293 g/mol. The first-order valence-electron chi connectivity index (χ1n) is 6.64. The minimum Gasteiger partial charge on any atom is -0.497 e. The lowest BCUT2D eigenvalue weighted by Crippen LogP contribution is -2.10. The molecular weight excluding hydrogens is 275 g/mol. The van der Waals surface area contributed by atoms with Crippen molar-refractivity contribution in [1.82, 2.24) is 0 Å². The first kappa shape index (κ1) is 14.9. The van der Waals surface area contributed by atoms with Gasteiger partial charge in [0.25, 0.3) is 0 Å². The van der Waals surface area contributed by atoms with E-state index >= 15 is 0 Å². The number of halogens is 2. The molecule has 2 rings (SSSR count). The molecular formula is C17H18ClFO. The highest BCUT2D eigenvalue weighted by atomic mass is 35.5. The molecule has 0 spiro atoms. The van der Waals surface area contributed by atoms with Crippen LogP contribution in [0.1, 0.15) is 11.1 Å². The summed E-state index contributed by atoms with van der Waals surface area (Å²) in [6.45, 7) is 0. The minimum absolute atomic E-state index is 0.197. The molecule has 0 saturated carbocycles. The van der Waals surface area contributed by atoms with Crippen LogP contribution in [0.2, 0.25) is 0 Å². The third kappa shape index (κ3) is 4.24. The van der Waals surface area contributed by atoms with E-state index in [1.54, 1.807) is 19.2 Å². The average Bonchev–Trinajstić information content (AvgIpc) is 2.47. The van der Waals surface area contributed by atoms with Crippen molar-refractivity contribution in [2.75, 3.05) is 13.0 Å². The number of hydrogen-bond donors (Lipinski definition) is 0. The van der Waals surface area contributed by atoms with Crippen molar-refractivity contribution in [3.63, 3.8) is 0 Å². The van der Waals surface area contributed by atoms with E-state index in [1.165, 1.54) is 11.6 Å². The van der Waals surface area contributed by atoms with Crippen LogP contribution in [0.15, 0.2) is 48.5 Å². The summed E-state index contributed by atoms with van der Waals surface area (Å²) < 4.78 is 18.4. The molecule has 0 amide bonds. The number of hydrogen-bond acceptors (Lipinski definition) is 1. The summed E-state index contributed by atoms with van der Waals surface area (Å²) >= 11 is 6.06. The SMILES string of the molecule is COc1cccc(CC(CCl)Cc2cccc(F)c2)c1. The summed E-state index contributed by atoms with van der Waals surface area (Å²) in [5, 5.41) is 0. The Labute approximate surface area is 124 Å². The predicted octanol–water partition coefficient (Wildman–Crippen LogP) is 4.47. The van der Waals surface area contributed by atoms with Crippen molar-refractivity contribution in [3.05, 3.63) is 65.5 Å². The Morgan fingerprint density at radius 2 is 1.70 bits per heavy atom. The van der Waals surface area contributed by atoms with Gasteiger partial charge in [0.05, 0.1) is 7.11 Å². The maximum Gasteiger partial charge on any atom is 0.123 e. The number of rotatable bonds is 6. The second-order valence-electron chi connectivity index (χ2n) is 4.91. The van der Waals surface area contributed by atoms with Gasteiger partial charge in [0, 0.05) is 5.88 Å². The molecule has 2 aromatic rings. The maximum atomic E-state index is 13.2. The first-order valence-corrected chi connectivity index (χ1v) is 7.18. The van der Waals surface area contributed by atoms with Gasteiger partial charge in [-0.1, -0.05) is 24.3 Å². The summed E-state index contributed by atoms with van der Waals surface area (Å²) in [4.78, 5) is 0. The van der Waals surface area contributed by atoms with Crippen molar-refractivity contribution in [2.45, 2.75) is 12.8 Å². The molecule has 0 aromatic heterocycles. The molecule has 2 aromatic carbocycles. The molecule has 0 saturated heterocycles. The standard InChI is InChI=1S/C17H18ClFO/c1-20-17-7-3-5-14(11-17)9-15(12-18)8-13-4-2-6-16(19)10-13/h2-7,10-11,15H,8-9,12H2,1H3. The molecule has 3 heteroatoms. The Morgan fingerprint density at radius 3 is 2.30 bits per heavy atom. The highest BCUT2D eigenvalue weighted by Gasteiger charge is 2.11. The fraction of sp³-hybridized carbons (Fsp3) is 0.294. The number of ether oxygens (including phenoxy) is 1. The minimum atomic E-state index is -0.197. The Kier molecular flexibility index (Phi) is 5.42. The zero-order valence-electron chi connectivity index (χ0n) is 11.5. The molecule has 1 nitrogen and oxygen atoms in total. The third-order valence-corrected chi connectivity index (χ3v) is 3.73.